The summed E-state index contributed by atoms with van der Waals surface area (Å²) in [4.78, 5) is 20.2. The first kappa shape index (κ1) is 49.4. The number of piperidine rings is 1. The molecule has 1 aromatic heterocycles. The van der Waals surface area contributed by atoms with Crippen LogP contribution >= 0.6 is 12.1 Å². The number of nitrogens with two attached hydrogens (primary N) is 2. The Morgan fingerprint density at radius 3 is 2.39 bits per heavy atom. The average Bonchev–Trinajstić information content (AvgIpc) is 3.92. The molecule has 3 aromatic rings. The van der Waals surface area contributed by atoms with Crippen LogP contribution in [0, 0.1) is 18.3 Å². The topological polar surface area (TPSA) is 168 Å². The molecule has 2 aromatic carbocycles. The Bertz CT molecular complexity index is 1810. The Labute approximate surface area is 356 Å². The van der Waals surface area contributed by atoms with Crippen LogP contribution < -0.4 is 41.8 Å². The number of pyridine rings is 1. The zero-order valence-electron chi connectivity index (χ0n) is 35.2. The van der Waals surface area contributed by atoms with Gasteiger partial charge in [-0.1, -0.05) is 71.4 Å². The summed E-state index contributed by atoms with van der Waals surface area (Å²) in [7, 11) is 3.99. The van der Waals surface area contributed by atoms with Crippen molar-refractivity contribution in [3.63, 3.8) is 0 Å². The number of hydrogen-bond donors (Lipinski definition) is 6. The molecule has 2 fully saturated rings. The van der Waals surface area contributed by atoms with Gasteiger partial charge in [0.1, 0.15) is 35.5 Å². The average molecular weight is 844 g/mol. The van der Waals surface area contributed by atoms with Crippen molar-refractivity contribution in [1.29, 1.82) is 5.41 Å². The molecule has 8 N–H and O–H groups in total. The van der Waals surface area contributed by atoms with Gasteiger partial charge in [0.2, 0.25) is 0 Å². The van der Waals surface area contributed by atoms with Gasteiger partial charge in [0.25, 0.3) is 0 Å². The minimum Gasteiger partial charge on any atom is -0.492 e. The number of amides is 2. The molecule has 1 spiro atoms. The molecule has 2 amide bonds. The second-order valence-electron chi connectivity index (χ2n) is 15.3. The van der Waals surface area contributed by atoms with Crippen molar-refractivity contribution in [2.45, 2.75) is 97.2 Å². The van der Waals surface area contributed by atoms with E-state index in [1.54, 1.807) is 24.4 Å². The van der Waals surface area contributed by atoms with E-state index in [1.807, 2.05) is 97.2 Å². The molecular formula is C43H66MnN9O3S-. The summed E-state index contributed by atoms with van der Waals surface area (Å²) in [6.07, 6.45) is 11.8. The van der Waals surface area contributed by atoms with Crippen molar-refractivity contribution >= 4 is 29.7 Å². The van der Waals surface area contributed by atoms with Gasteiger partial charge in [0, 0.05) is 64.5 Å². The fraction of sp³-hybridized carbons (Fsp3) is 0.488. The third-order valence-electron chi connectivity index (χ3n) is 9.73. The van der Waals surface area contributed by atoms with Gasteiger partial charge in [-0.05, 0) is 94.6 Å². The van der Waals surface area contributed by atoms with Crippen LogP contribution in [0.5, 0.6) is 11.5 Å². The molecule has 1 radical (unpaired) electrons. The van der Waals surface area contributed by atoms with E-state index < -0.39 is 6.03 Å². The Balaban J connectivity index is 0.000000812. The number of aliphatic imine (C=N–C) groups is 1. The number of amidine groups is 1. The van der Waals surface area contributed by atoms with Crippen LogP contribution in [0.3, 0.4) is 0 Å². The molecule has 1 saturated carbocycles. The van der Waals surface area contributed by atoms with E-state index in [0.29, 0.717) is 53.7 Å². The summed E-state index contributed by atoms with van der Waals surface area (Å²) >= 11 is 0.944. The molecular weight excluding hydrogens is 778 g/mol. The van der Waals surface area contributed by atoms with E-state index in [-0.39, 0.29) is 47.5 Å². The van der Waals surface area contributed by atoms with Crippen molar-refractivity contribution in [1.82, 2.24) is 24.8 Å². The number of likely N-dealkylation sites (N-methyl/N-ethyl adjacent to an activating group) is 1. The Morgan fingerprint density at radius 2 is 1.77 bits per heavy atom. The van der Waals surface area contributed by atoms with E-state index in [4.69, 9.17) is 30.7 Å². The number of nitrogens with one attached hydrogen (secondary N) is 4. The van der Waals surface area contributed by atoms with Gasteiger partial charge in [0.15, 0.2) is 0 Å². The Morgan fingerprint density at radius 1 is 1.05 bits per heavy atom. The summed E-state index contributed by atoms with van der Waals surface area (Å²) in [5.74, 6) is 1.63. The summed E-state index contributed by atoms with van der Waals surface area (Å²) in [5.41, 5.74) is 10.2. The molecule has 14 heteroatoms. The van der Waals surface area contributed by atoms with Crippen molar-refractivity contribution in [3.05, 3.63) is 103 Å². The predicted molar refractivity (Wildman–Crippen MR) is 232 cm³/mol. The van der Waals surface area contributed by atoms with Crippen LogP contribution in [-0.4, -0.2) is 60.1 Å². The smallest absolute Gasteiger partial charge is 0.320 e. The Kier molecular flexibility index (Phi) is 20.4. The zero-order valence-corrected chi connectivity index (χ0v) is 37.2. The fourth-order valence-electron chi connectivity index (χ4n) is 6.31. The number of ether oxygens (including phenoxy) is 2. The van der Waals surface area contributed by atoms with Gasteiger partial charge in [-0.2, -0.15) is 0 Å². The van der Waals surface area contributed by atoms with E-state index in [2.05, 4.69) is 20.9 Å². The number of carbonyl (C=O) groups is 1. The first-order chi connectivity index (χ1) is 26.3. The van der Waals surface area contributed by atoms with Crippen LogP contribution in [0.4, 0.5) is 10.5 Å². The quantitative estimate of drug-likeness (QED) is 0.0394. The van der Waals surface area contributed by atoms with Crippen LogP contribution in [0.25, 0.3) is 0 Å². The van der Waals surface area contributed by atoms with E-state index in [0.717, 1.165) is 29.8 Å². The van der Waals surface area contributed by atoms with Gasteiger partial charge >= 0.3 is 6.03 Å². The van der Waals surface area contributed by atoms with E-state index in [1.165, 1.54) is 42.6 Å². The molecule has 1 aliphatic heterocycles. The third kappa shape index (κ3) is 15.5. The number of nitrogens with zero attached hydrogens (tertiary/aromatic N) is 3. The van der Waals surface area contributed by atoms with Crippen LogP contribution in [0.2, 0.25) is 0 Å². The van der Waals surface area contributed by atoms with Crippen molar-refractivity contribution < 1.29 is 31.3 Å². The number of carbonyl (C=O) groups excluding carboxylic acids is 1. The summed E-state index contributed by atoms with van der Waals surface area (Å²) in [5, 5.41) is 23.3. The van der Waals surface area contributed by atoms with Gasteiger partial charge < -0.3 is 38.2 Å². The number of urea groups is 1. The predicted octanol–water partition coefficient (Wildman–Crippen LogP) is 7.92. The number of allylic oxidation sites excluding steroid dienone is 1. The summed E-state index contributed by atoms with van der Waals surface area (Å²) < 4.78 is 13.7. The molecule has 0 bridgehead atoms. The summed E-state index contributed by atoms with van der Waals surface area (Å²) in [6, 6.07) is 18.1. The van der Waals surface area contributed by atoms with E-state index in [9.17, 15) is 4.79 Å². The number of fused-ring (bicyclic) bond motifs is 1. The number of hydrogen-bond acceptors (Lipinski definition) is 10. The number of benzene rings is 2. The maximum Gasteiger partial charge on any atom is 0.320 e. The molecule has 1 saturated heterocycles. The maximum atomic E-state index is 13.4. The SMILES string of the molecule is C1CCC2(CC2)NC1.CC.CN(C)CCOc1cccc(N=C(/C=C(\N)C(C)(C)C)NC(=O)N[C@H]2CC[C@@H](Oc3ccc(=N)n(SN)c3)c3ccccc32)c1.[CH3-].[Mn]. The minimum absolute atomic E-state index is 0. The fourth-order valence-corrected chi connectivity index (χ4v) is 6.65. The molecule has 2 atom stereocenters. The van der Waals surface area contributed by atoms with Crippen molar-refractivity contribution in [2.75, 3.05) is 33.8 Å². The van der Waals surface area contributed by atoms with Gasteiger partial charge in [0.05, 0.1) is 17.9 Å². The van der Waals surface area contributed by atoms with Crippen LogP contribution in [0.15, 0.2) is 83.6 Å². The monoisotopic (exact) mass is 843 g/mol. The molecule has 12 nitrogen and oxygen atoms in total. The van der Waals surface area contributed by atoms with Crippen molar-refractivity contribution in [3.8, 4) is 11.5 Å². The molecule has 0 unspecified atom stereocenters. The molecule has 57 heavy (non-hydrogen) atoms. The van der Waals surface area contributed by atoms with Crippen LogP contribution in [-0.2, 0) is 17.1 Å². The molecule has 315 valence electrons. The van der Waals surface area contributed by atoms with Crippen molar-refractivity contribution in [2.24, 2.45) is 21.3 Å². The number of aromatic nitrogens is 1. The summed E-state index contributed by atoms with van der Waals surface area (Å²) in [6.45, 7) is 12.6. The minimum atomic E-state index is -0.392. The molecule has 3 aliphatic rings. The van der Waals surface area contributed by atoms with Crippen LogP contribution in [0.1, 0.15) is 103 Å². The zero-order chi connectivity index (χ0) is 40.0. The maximum absolute atomic E-state index is 13.4. The van der Waals surface area contributed by atoms with Gasteiger partial charge in [-0.15, -0.1) is 0 Å². The molecule has 6 rings (SSSR count). The first-order valence-electron chi connectivity index (χ1n) is 19.5. The normalized spacial score (nSPS) is 18.2. The largest absolute Gasteiger partial charge is 0.492 e. The third-order valence-corrected chi connectivity index (χ3v) is 10.3. The first-order valence-corrected chi connectivity index (χ1v) is 20.3. The van der Waals surface area contributed by atoms with E-state index >= 15 is 0 Å². The Hall–Kier alpha value is -3.78. The number of rotatable bonds is 10. The second kappa shape index (κ2) is 23.6. The molecule has 2 aliphatic carbocycles. The van der Waals surface area contributed by atoms with Gasteiger partial charge in [-0.3, -0.25) is 19.8 Å². The second-order valence-corrected chi connectivity index (χ2v) is 15.9. The standard InChI is InChI=1S/C33H44N8O3S.C7H13N.C2H6.CH3.Mn/c1-33(2,3)29(34)20-31(37-22-9-8-10-23(19-22)43-18-17-40(4)5)39-32(42)38-27-14-15-28(26-12-7-6-11-25(26)27)44-24-13-16-30(35)41(21-24)45-36;1-2-6-8-7(3-1)4-5-7;1-2;;/h6-13,16,19-21,27-28,35H,14-15,17-18,34,36H2,1-5H3,(H2,37,38,39,42);8H,1-6H2;1-2H3;1H3;/q;;;-1;/b29-20-,35-30?;;;;/t27-,28+;;;;/m0..../s1. The van der Waals surface area contributed by atoms with Gasteiger partial charge in [-0.25, -0.2) is 9.79 Å². The molecule has 2 heterocycles.